The number of hydrogen-bond donors (Lipinski definition) is 4. The zero-order valence-electron chi connectivity index (χ0n) is 26.6. The molecule has 4 aliphatic heterocycles. The van der Waals surface area contributed by atoms with Crippen LogP contribution in [0.15, 0.2) is 0 Å². The van der Waals surface area contributed by atoms with Crippen LogP contribution in [0.5, 0.6) is 0 Å². The van der Waals surface area contributed by atoms with E-state index in [0.29, 0.717) is 48.9 Å². The number of hydroxylamine groups is 4. The second-order valence-corrected chi connectivity index (χ2v) is 13.7. The number of nitrogens with one attached hydrogen (secondary N) is 2. The van der Waals surface area contributed by atoms with Crippen molar-refractivity contribution in [3.8, 4) is 0 Å². The molecule has 0 radical (unpaired) electrons. The van der Waals surface area contributed by atoms with Gasteiger partial charge in [-0.05, 0) is 53.4 Å². The number of carbonyl (C=O) groups excluding carboxylic acids is 4. The van der Waals surface area contributed by atoms with E-state index in [4.69, 9.17) is 9.11 Å². The summed E-state index contributed by atoms with van der Waals surface area (Å²) in [6.45, 7) is 13.2. The Labute approximate surface area is 268 Å². The number of urea groups is 2. The first-order valence-electron chi connectivity index (χ1n) is 15.0. The molecule has 0 aromatic carbocycles. The quantitative estimate of drug-likeness (QED) is 0.148. The van der Waals surface area contributed by atoms with Crippen molar-refractivity contribution in [2.45, 2.75) is 103 Å². The molecule has 0 saturated carbocycles. The largest absolute Gasteiger partial charge is 0.418 e. The van der Waals surface area contributed by atoms with Gasteiger partial charge in [0.1, 0.15) is 12.1 Å². The molecule has 0 aromatic rings. The summed E-state index contributed by atoms with van der Waals surface area (Å²) in [5.41, 5.74) is 5.55. The molecule has 4 heterocycles. The topological polar surface area (TPSA) is 239 Å². The van der Waals surface area contributed by atoms with E-state index in [2.05, 4.69) is 19.4 Å². The second-order valence-electron chi connectivity index (χ2n) is 11.7. The SMILES string of the molecule is CC(C)N(NC(=O)[C@@H]1CC[C@@H]2CN1C(=O)N2OS(=O)(=O)O)C(C)C.CCN(CC)NC(=O)[C@@H]1CC[C@@H]2CN1C(=O)N2OS(=O)(=O)O. The molecule has 4 aliphatic rings. The summed E-state index contributed by atoms with van der Waals surface area (Å²) >= 11 is 0. The van der Waals surface area contributed by atoms with E-state index >= 15 is 0 Å². The van der Waals surface area contributed by atoms with Gasteiger partial charge in [0.2, 0.25) is 0 Å². The van der Waals surface area contributed by atoms with Crippen LogP contribution in [0.1, 0.15) is 67.2 Å². The average molecular weight is 701 g/mol. The lowest BCUT2D eigenvalue weighted by atomic mass is 10.0. The van der Waals surface area contributed by atoms with Crippen molar-refractivity contribution >= 4 is 44.7 Å². The minimum atomic E-state index is -4.79. The predicted octanol–water partition coefficient (Wildman–Crippen LogP) is -0.498. The van der Waals surface area contributed by atoms with Gasteiger partial charge < -0.3 is 9.80 Å². The minimum Gasteiger partial charge on any atom is -0.309 e. The zero-order chi connectivity index (χ0) is 34.7. The van der Waals surface area contributed by atoms with Crippen LogP contribution in [0.2, 0.25) is 0 Å². The van der Waals surface area contributed by atoms with Gasteiger partial charge in [0.15, 0.2) is 0 Å². The molecule has 20 nitrogen and oxygen atoms in total. The fraction of sp³-hybridized carbons (Fsp3) is 0.833. The first-order valence-corrected chi connectivity index (χ1v) is 17.7. The molecule has 4 bridgehead atoms. The van der Waals surface area contributed by atoms with E-state index in [0.717, 1.165) is 0 Å². The molecule has 0 aromatic heterocycles. The molecule has 264 valence electrons. The molecular weight excluding hydrogens is 656 g/mol. The van der Waals surface area contributed by atoms with Crippen molar-refractivity contribution in [1.82, 2.24) is 40.8 Å². The maximum absolute atomic E-state index is 12.6. The maximum Gasteiger partial charge on any atom is 0.418 e. The normalized spacial score (nSPS) is 24.7. The van der Waals surface area contributed by atoms with Crippen molar-refractivity contribution in [3.05, 3.63) is 0 Å². The summed E-state index contributed by atoms with van der Waals surface area (Å²) in [5, 5.41) is 4.76. The van der Waals surface area contributed by atoms with Crippen molar-refractivity contribution in [2.24, 2.45) is 0 Å². The van der Waals surface area contributed by atoms with Gasteiger partial charge in [-0.1, -0.05) is 13.8 Å². The molecule has 22 heteroatoms. The van der Waals surface area contributed by atoms with Crippen molar-refractivity contribution in [2.75, 3.05) is 26.2 Å². The summed E-state index contributed by atoms with van der Waals surface area (Å²) in [7, 11) is -9.56. The van der Waals surface area contributed by atoms with E-state index in [1.54, 1.807) is 10.0 Å². The Bertz CT molecular complexity index is 1350. The first-order chi connectivity index (χ1) is 21.3. The van der Waals surface area contributed by atoms with E-state index in [9.17, 15) is 36.0 Å². The third-order valence-electron chi connectivity index (χ3n) is 7.98. The van der Waals surface area contributed by atoms with Crippen LogP contribution in [0.4, 0.5) is 9.59 Å². The van der Waals surface area contributed by atoms with Gasteiger partial charge in [-0.15, -0.1) is 8.57 Å². The number of hydrogen-bond acceptors (Lipinski definition) is 12. The summed E-state index contributed by atoms with van der Waals surface area (Å²) in [6, 6.07) is -3.70. The lowest BCUT2D eigenvalue weighted by Crippen LogP contribution is -2.57. The number of fused-ring (bicyclic) bond motifs is 4. The molecule has 46 heavy (non-hydrogen) atoms. The smallest absolute Gasteiger partial charge is 0.309 e. The highest BCUT2D eigenvalue weighted by Crippen LogP contribution is 2.32. The van der Waals surface area contributed by atoms with E-state index in [1.807, 2.05) is 41.5 Å². The summed E-state index contributed by atoms with van der Waals surface area (Å²) < 4.78 is 69.5. The Morgan fingerprint density at radius 2 is 1.13 bits per heavy atom. The molecule has 4 atom stereocenters. The highest BCUT2D eigenvalue weighted by molar-refractivity contribution is 7.81. The highest BCUT2D eigenvalue weighted by atomic mass is 32.3. The van der Waals surface area contributed by atoms with E-state index in [1.165, 1.54) is 9.80 Å². The van der Waals surface area contributed by atoms with Gasteiger partial charge in [-0.2, -0.15) is 27.0 Å². The predicted molar refractivity (Wildman–Crippen MR) is 158 cm³/mol. The number of hydrazine groups is 2. The van der Waals surface area contributed by atoms with Crippen molar-refractivity contribution in [3.63, 3.8) is 0 Å². The Kier molecular flexibility index (Phi) is 12.2. The lowest BCUT2D eigenvalue weighted by Gasteiger charge is -2.35. The first kappa shape index (κ1) is 37.6. The van der Waals surface area contributed by atoms with Crippen LogP contribution in [0.25, 0.3) is 0 Å². The van der Waals surface area contributed by atoms with Crippen LogP contribution in [-0.4, -0.2) is 142 Å². The fourth-order valence-corrected chi connectivity index (χ4v) is 6.65. The molecule has 4 saturated heterocycles. The van der Waals surface area contributed by atoms with Crippen molar-refractivity contribution in [1.29, 1.82) is 0 Å². The Morgan fingerprint density at radius 1 is 0.761 bits per heavy atom. The fourth-order valence-electron chi connectivity index (χ4n) is 5.88. The number of amides is 6. The van der Waals surface area contributed by atoms with Gasteiger partial charge >= 0.3 is 32.9 Å². The third-order valence-corrected chi connectivity index (χ3v) is 8.68. The van der Waals surface area contributed by atoms with Crippen molar-refractivity contribution < 1.29 is 53.7 Å². The second kappa shape index (κ2) is 14.9. The third kappa shape index (κ3) is 9.14. The number of piperidine rings is 2. The standard InChI is InChI=1S/C13H24N4O6S.C11H20N4O6S/c1-8(2)16(9(3)4)14-12(18)11-6-5-10-7-15(11)13(19)17(10)23-24(20,21)22;1-3-13(4-2)12-10(16)9-6-5-8-7-14(9)11(17)15(8)21-22(18,19)20/h8-11H,5-7H2,1-4H3,(H,14,18)(H,20,21,22);8-9H,3-7H2,1-2H3,(H,12,16)(H,18,19,20)/t10-,11+;8-,9+/m11/s1. The van der Waals surface area contributed by atoms with Crippen LogP contribution >= 0.6 is 0 Å². The summed E-state index contributed by atoms with van der Waals surface area (Å²) in [4.78, 5) is 51.8. The van der Waals surface area contributed by atoms with Crippen LogP contribution in [0.3, 0.4) is 0 Å². The number of rotatable bonds is 12. The average Bonchev–Trinajstić information content (AvgIpc) is 3.32. The van der Waals surface area contributed by atoms with Crippen LogP contribution in [0, 0.1) is 0 Å². The molecule has 0 unspecified atom stereocenters. The monoisotopic (exact) mass is 700 g/mol. The minimum absolute atomic E-state index is 0.0823. The Morgan fingerprint density at radius 3 is 1.46 bits per heavy atom. The van der Waals surface area contributed by atoms with E-state index < -0.39 is 57.0 Å². The van der Waals surface area contributed by atoms with Gasteiger partial charge in [0, 0.05) is 38.3 Å². The van der Waals surface area contributed by atoms with Gasteiger partial charge in [-0.25, -0.2) is 19.6 Å². The molecular formula is C24H44N8O12S2. The van der Waals surface area contributed by atoms with E-state index in [-0.39, 0.29) is 37.0 Å². The van der Waals surface area contributed by atoms with Crippen LogP contribution in [-0.2, 0) is 39.0 Å². The van der Waals surface area contributed by atoms with Gasteiger partial charge in [0.05, 0.1) is 12.1 Å². The molecule has 4 fully saturated rings. The lowest BCUT2D eigenvalue weighted by molar-refractivity contribution is -0.133. The Hall–Kier alpha value is -2.86. The zero-order valence-corrected chi connectivity index (χ0v) is 28.2. The molecule has 0 aliphatic carbocycles. The molecule has 4 rings (SSSR count). The van der Waals surface area contributed by atoms with Crippen LogP contribution < -0.4 is 10.9 Å². The van der Waals surface area contributed by atoms with Gasteiger partial charge in [0.25, 0.3) is 11.8 Å². The summed E-state index contributed by atoms with van der Waals surface area (Å²) in [5.74, 6) is -0.637. The van der Waals surface area contributed by atoms with Gasteiger partial charge in [-0.3, -0.25) is 29.5 Å². The number of nitrogens with zero attached hydrogens (tertiary/aromatic N) is 6. The molecule has 4 N–H and O–H groups in total. The molecule has 6 amide bonds. The molecule has 0 spiro atoms. The highest BCUT2D eigenvalue weighted by Gasteiger charge is 2.50. The maximum atomic E-state index is 12.6. The number of carbonyl (C=O) groups is 4. The Balaban J connectivity index is 0.000000251. The summed E-state index contributed by atoms with van der Waals surface area (Å²) in [6.07, 6.45) is 1.60.